The van der Waals surface area contributed by atoms with Gasteiger partial charge in [-0.15, -0.1) is 0 Å². The van der Waals surface area contributed by atoms with Crippen LogP contribution in [-0.4, -0.2) is 9.55 Å². The molecule has 1 heterocycles. The van der Waals surface area contributed by atoms with Crippen LogP contribution >= 0.6 is 0 Å². The monoisotopic (exact) mass is 337 g/mol. The topological polar surface area (TPSA) is 41.6 Å². The zero-order valence-corrected chi connectivity index (χ0v) is 14.9. The van der Waals surface area contributed by atoms with Gasteiger partial charge in [0.05, 0.1) is 22.7 Å². The Balaban J connectivity index is 1.93. The summed E-state index contributed by atoms with van der Waals surface area (Å²) >= 11 is 0. The molecule has 3 heteroatoms. The lowest BCUT2D eigenvalue weighted by Crippen LogP contribution is -2.03. The molecule has 4 rings (SSSR count). The van der Waals surface area contributed by atoms with Gasteiger partial charge in [0.2, 0.25) is 0 Å². The molecule has 0 spiro atoms. The average molecular weight is 337 g/mol. The van der Waals surface area contributed by atoms with Crippen molar-refractivity contribution in [1.82, 2.24) is 9.55 Å². The standard InChI is InChI=1S/C23H19N3/c1-16-11-21-22(12-17(16)2)26(15-19-8-6-7-18(13-19)14-24)23(25-21)20-9-4-3-5-10-20/h3-13H,15H2,1-2H3. The van der Waals surface area contributed by atoms with E-state index in [1.165, 1.54) is 11.1 Å². The molecule has 126 valence electrons. The number of hydrogen-bond acceptors (Lipinski definition) is 2. The Kier molecular flexibility index (Phi) is 4.02. The second kappa shape index (κ2) is 6.50. The first-order chi connectivity index (χ1) is 12.7. The van der Waals surface area contributed by atoms with Crippen molar-refractivity contribution in [2.75, 3.05) is 0 Å². The Morgan fingerprint density at radius 2 is 1.69 bits per heavy atom. The number of aryl methyl sites for hydroxylation is 2. The highest BCUT2D eigenvalue weighted by molar-refractivity contribution is 5.82. The lowest BCUT2D eigenvalue weighted by Gasteiger charge is -2.11. The number of imidazole rings is 1. The maximum Gasteiger partial charge on any atom is 0.141 e. The fourth-order valence-corrected chi connectivity index (χ4v) is 3.27. The van der Waals surface area contributed by atoms with Crippen molar-refractivity contribution in [2.24, 2.45) is 0 Å². The van der Waals surface area contributed by atoms with Crippen molar-refractivity contribution in [3.8, 4) is 17.5 Å². The molecule has 0 atom stereocenters. The highest BCUT2D eigenvalue weighted by atomic mass is 15.1. The molecule has 0 aliphatic heterocycles. The first-order valence-corrected chi connectivity index (χ1v) is 8.67. The number of nitriles is 1. The summed E-state index contributed by atoms with van der Waals surface area (Å²) in [6.45, 7) is 4.93. The molecule has 26 heavy (non-hydrogen) atoms. The molecular formula is C23H19N3. The van der Waals surface area contributed by atoms with E-state index < -0.39 is 0 Å². The Labute approximate surface area is 153 Å². The lowest BCUT2D eigenvalue weighted by atomic mass is 10.1. The van der Waals surface area contributed by atoms with Gasteiger partial charge in [-0.3, -0.25) is 0 Å². The Bertz CT molecular complexity index is 1130. The molecule has 0 saturated heterocycles. The lowest BCUT2D eigenvalue weighted by molar-refractivity contribution is 0.833. The van der Waals surface area contributed by atoms with Crippen molar-refractivity contribution in [3.05, 3.63) is 89.0 Å². The van der Waals surface area contributed by atoms with Crippen LogP contribution in [-0.2, 0) is 6.54 Å². The van der Waals surface area contributed by atoms with E-state index in [2.05, 4.69) is 54.8 Å². The third-order valence-electron chi connectivity index (χ3n) is 4.79. The predicted octanol–water partition coefficient (Wildman–Crippen LogP) is 5.24. The zero-order chi connectivity index (χ0) is 18.1. The van der Waals surface area contributed by atoms with Gasteiger partial charge in [0.15, 0.2) is 0 Å². The molecular weight excluding hydrogens is 318 g/mol. The minimum absolute atomic E-state index is 0.679. The van der Waals surface area contributed by atoms with Crippen molar-refractivity contribution >= 4 is 11.0 Å². The van der Waals surface area contributed by atoms with Gasteiger partial charge in [0, 0.05) is 12.1 Å². The van der Waals surface area contributed by atoms with Crippen molar-refractivity contribution in [1.29, 1.82) is 5.26 Å². The number of benzene rings is 3. The maximum atomic E-state index is 9.19. The van der Waals surface area contributed by atoms with Gasteiger partial charge in [-0.05, 0) is 54.8 Å². The minimum Gasteiger partial charge on any atom is -0.319 e. The highest BCUT2D eigenvalue weighted by Crippen LogP contribution is 2.28. The SMILES string of the molecule is Cc1cc2nc(-c3ccccc3)n(Cc3cccc(C#N)c3)c2cc1C. The summed E-state index contributed by atoms with van der Waals surface area (Å²) in [5.74, 6) is 0.952. The van der Waals surface area contributed by atoms with Crippen LogP contribution in [0.2, 0.25) is 0 Å². The second-order valence-electron chi connectivity index (χ2n) is 6.62. The number of hydrogen-bond donors (Lipinski definition) is 0. The molecule has 0 unspecified atom stereocenters. The van der Waals surface area contributed by atoms with Gasteiger partial charge in [-0.2, -0.15) is 5.26 Å². The zero-order valence-electron chi connectivity index (χ0n) is 14.9. The van der Waals surface area contributed by atoms with Gasteiger partial charge >= 0.3 is 0 Å². The maximum absolute atomic E-state index is 9.19. The summed E-state index contributed by atoms with van der Waals surface area (Å²) in [6, 6.07) is 24.6. The molecule has 3 aromatic carbocycles. The Morgan fingerprint density at radius 3 is 2.46 bits per heavy atom. The van der Waals surface area contributed by atoms with E-state index >= 15 is 0 Å². The van der Waals surface area contributed by atoms with Crippen molar-refractivity contribution in [2.45, 2.75) is 20.4 Å². The molecule has 4 aromatic rings. The van der Waals surface area contributed by atoms with Gasteiger partial charge < -0.3 is 4.57 Å². The van der Waals surface area contributed by atoms with E-state index in [1.807, 2.05) is 36.4 Å². The van der Waals surface area contributed by atoms with Crippen molar-refractivity contribution < 1.29 is 0 Å². The van der Waals surface area contributed by atoms with Crippen LogP contribution in [0.25, 0.3) is 22.4 Å². The smallest absolute Gasteiger partial charge is 0.141 e. The molecule has 0 bridgehead atoms. The van der Waals surface area contributed by atoms with Gasteiger partial charge in [0.1, 0.15) is 5.82 Å². The average Bonchev–Trinajstić information content (AvgIpc) is 3.00. The van der Waals surface area contributed by atoms with Crippen LogP contribution in [0.3, 0.4) is 0 Å². The van der Waals surface area contributed by atoms with Gasteiger partial charge in [-0.1, -0.05) is 42.5 Å². The highest BCUT2D eigenvalue weighted by Gasteiger charge is 2.14. The summed E-state index contributed by atoms with van der Waals surface area (Å²) in [7, 11) is 0. The van der Waals surface area contributed by atoms with Crippen LogP contribution in [0.5, 0.6) is 0 Å². The molecule has 0 saturated carbocycles. The third kappa shape index (κ3) is 2.87. The summed E-state index contributed by atoms with van der Waals surface area (Å²) in [5, 5.41) is 9.19. The number of nitrogens with zero attached hydrogens (tertiary/aromatic N) is 3. The van der Waals surface area contributed by atoms with Gasteiger partial charge in [0.25, 0.3) is 0 Å². The first-order valence-electron chi connectivity index (χ1n) is 8.67. The normalized spacial score (nSPS) is 10.8. The van der Waals surface area contributed by atoms with E-state index in [0.29, 0.717) is 12.1 Å². The summed E-state index contributed by atoms with van der Waals surface area (Å²) < 4.78 is 2.24. The van der Waals surface area contributed by atoms with E-state index in [-0.39, 0.29) is 0 Å². The van der Waals surface area contributed by atoms with Crippen LogP contribution in [0.4, 0.5) is 0 Å². The molecule has 0 N–H and O–H groups in total. The third-order valence-corrected chi connectivity index (χ3v) is 4.79. The van der Waals surface area contributed by atoms with Crippen LogP contribution in [0.1, 0.15) is 22.3 Å². The molecule has 0 aliphatic rings. The van der Waals surface area contributed by atoms with E-state index in [4.69, 9.17) is 4.98 Å². The number of fused-ring (bicyclic) bond motifs is 1. The quantitative estimate of drug-likeness (QED) is 0.513. The fraction of sp³-hybridized carbons (Fsp3) is 0.130. The van der Waals surface area contributed by atoms with Crippen LogP contribution in [0.15, 0.2) is 66.7 Å². The molecule has 1 aromatic heterocycles. The molecule has 0 radical (unpaired) electrons. The van der Waals surface area contributed by atoms with Crippen LogP contribution in [0, 0.1) is 25.2 Å². The van der Waals surface area contributed by atoms with Crippen molar-refractivity contribution in [3.63, 3.8) is 0 Å². The minimum atomic E-state index is 0.679. The molecule has 0 aliphatic carbocycles. The number of aromatic nitrogens is 2. The number of rotatable bonds is 3. The molecule has 0 amide bonds. The summed E-state index contributed by atoms with van der Waals surface area (Å²) in [4.78, 5) is 4.92. The first kappa shape index (κ1) is 16.1. The Morgan fingerprint density at radius 1 is 0.923 bits per heavy atom. The van der Waals surface area contributed by atoms with Gasteiger partial charge in [-0.25, -0.2) is 4.98 Å². The van der Waals surface area contributed by atoms with E-state index in [1.54, 1.807) is 0 Å². The largest absolute Gasteiger partial charge is 0.319 e. The van der Waals surface area contributed by atoms with E-state index in [9.17, 15) is 5.26 Å². The van der Waals surface area contributed by atoms with E-state index in [0.717, 1.165) is 28.0 Å². The second-order valence-corrected chi connectivity index (χ2v) is 6.62. The Hall–Kier alpha value is -3.38. The fourth-order valence-electron chi connectivity index (χ4n) is 3.27. The molecule has 3 nitrogen and oxygen atoms in total. The molecule has 0 fully saturated rings. The summed E-state index contributed by atoms with van der Waals surface area (Å²) in [6.07, 6.45) is 0. The summed E-state index contributed by atoms with van der Waals surface area (Å²) in [5.41, 5.74) is 7.49. The predicted molar refractivity (Wildman–Crippen MR) is 105 cm³/mol. The van der Waals surface area contributed by atoms with Crippen LogP contribution < -0.4 is 0 Å².